The summed E-state index contributed by atoms with van der Waals surface area (Å²) < 4.78 is 32.5. The van der Waals surface area contributed by atoms with E-state index in [1.807, 2.05) is 0 Å². The number of nitrogens with zero attached hydrogens (tertiary/aromatic N) is 1. The number of ether oxygens (including phenoxy) is 2. The number of methoxy groups -OCH3 is 1. The van der Waals surface area contributed by atoms with E-state index in [2.05, 4.69) is 0 Å². The maximum absolute atomic E-state index is 11.3. The number of aryl methyl sites for hydroxylation is 1. The van der Waals surface area contributed by atoms with Gasteiger partial charge in [0, 0.05) is 23.9 Å². The summed E-state index contributed by atoms with van der Waals surface area (Å²) in [6, 6.07) is 2.16. The molecule has 0 saturated heterocycles. The average molecular weight is 310 g/mol. The van der Waals surface area contributed by atoms with Crippen molar-refractivity contribution in [3.63, 3.8) is 0 Å². The molecule has 19 heavy (non-hydrogen) atoms. The molecular formula is C10H12ClNO6S. The highest BCUT2D eigenvalue weighted by Crippen LogP contribution is 2.33. The topological polar surface area (TPSA) is 95.7 Å². The molecule has 0 bridgehead atoms. The normalized spacial score (nSPS) is 11.3. The lowest BCUT2D eigenvalue weighted by atomic mass is 10.2. The predicted octanol–water partition coefficient (Wildman–Crippen LogP) is 1.86. The Morgan fingerprint density at radius 2 is 2.00 bits per heavy atom. The van der Waals surface area contributed by atoms with Crippen molar-refractivity contribution in [3.05, 3.63) is 27.8 Å². The Labute approximate surface area is 114 Å². The molecule has 0 atom stereocenters. The Bertz CT molecular complexity index is 586. The van der Waals surface area contributed by atoms with Gasteiger partial charge in [-0.05, 0) is 18.6 Å². The molecule has 0 amide bonds. The van der Waals surface area contributed by atoms with Crippen LogP contribution >= 0.6 is 10.7 Å². The lowest BCUT2D eigenvalue weighted by molar-refractivity contribution is -0.386. The van der Waals surface area contributed by atoms with Crippen molar-refractivity contribution < 1.29 is 22.8 Å². The minimum atomic E-state index is -4.04. The Balaban J connectivity index is 3.26. The van der Waals surface area contributed by atoms with E-state index in [0.717, 1.165) is 6.07 Å². The quantitative estimate of drug-likeness (QED) is 0.344. The van der Waals surface area contributed by atoms with E-state index in [1.54, 1.807) is 0 Å². The van der Waals surface area contributed by atoms with Crippen LogP contribution in [0.3, 0.4) is 0 Å². The molecule has 0 radical (unpaired) electrons. The maximum atomic E-state index is 11.3. The molecule has 7 nitrogen and oxygen atoms in total. The highest BCUT2D eigenvalue weighted by atomic mass is 35.7. The molecule has 1 aromatic carbocycles. The number of hydrogen-bond donors (Lipinski definition) is 0. The molecule has 106 valence electrons. The first-order valence-electron chi connectivity index (χ1n) is 5.12. The van der Waals surface area contributed by atoms with E-state index < -0.39 is 19.7 Å². The molecule has 0 aliphatic heterocycles. The molecule has 0 unspecified atom stereocenters. The second kappa shape index (κ2) is 6.18. The van der Waals surface area contributed by atoms with Gasteiger partial charge in [0.1, 0.15) is 6.61 Å². The second-order valence-corrected chi connectivity index (χ2v) is 6.16. The number of nitro benzene ring substituents is 1. The van der Waals surface area contributed by atoms with Crippen LogP contribution < -0.4 is 4.74 Å². The zero-order valence-electron chi connectivity index (χ0n) is 10.3. The summed E-state index contributed by atoms with van der Waals surface area (Å²) in [5.41, 5.74) is -0.186. The monoisotopic (exact) mass is 309 g/mol. The molecule has 0 saturated carbocycles. The summed E-state index contributed by atoms with van der Waals surface area (Å²) in [7, 11) is 2.63. The van der Waals surface area contributed by atoms with Gasteiger partial charge in [-0.25, -0.2) is 8.42 Å². The number of nitro groups is 1. The molecule has 0 aliphatic carbocycles. The van der Waals surface area contributed by atoms with Crippen molar-refractivity contribution in [1.82, 2.24) is 0 Å². The average Bonchev–Trinajstić information content (AvgIpc) is 2.27. The number of hydrogen-bond acceptors (Lipinski definition) is 6. The molecule has 0 heterocycles. The summed E-state index contributed by atoms with van der Waals surface area (Å²) in [4.78, 5) is 9.87. The van der Waals surface area contributed by atoms with E-state index in [1.165, 1.54) is 20.1 Å². The van der Waals surface area contributed by atoms with Gasteiger partial charge in [-0.2, -0.15) is 0 Å². The molecule has 0 fully saturated rings. The number of rotatable bonds is 6. The number of benzene rings is 1. The van der Waals surface area contributed by atoms with Crippen molar-refractivity contribution in [2.24, 2.45) is 0 Å². The lowest BCUT2D eigenvalue weighted by Crippen LogP contribution is -2.07. The van der Waals surface area contributed by atoms with Gasteiger partial charge < -0.3 is 9.47 Å². The highest BCUT2D eigenvalue weighted by Gasteiger charge is 2.23. The predicted molar refractivity (Wildman–Crippen MR) is 68.2 cm³/mol. The first-order chi connectivity index (χ1) is 8.77. The molecular weight excluding hydrogens is 298 g/mol. The zero-order chi connectivity index (χ0) is 14.6. The van der Waals surface area contributed by atoms with Gasteiger partial charge in [-0.15, -0.1) is 0 Å². The van der Waals surface area contributed by atoms with Gasteiger partial charge in [0.2, 0.25) is 0 Å². The molecule has 0 N–H and O–H groups in total. The van der Waals surface area contributed by atoms with Crippen LogP contribution in [-0.4, -0.2) is 33.7 Å². The maximum Gasteiger partial charge on any atom is 0.312 e. The Morgan fingerprint density at radius 3 is 2.47 bits per heavy atom. The van der Waals surface area contributed by atoms with Crippen LogP contribution in [0.5, 0.6) is 5.75 Å². The minimum Gasteiger partial charge on any atom is -0.484 e. The zero-order valence-corrected chi connectivity index (χ0v) is 11.8. The summed E-state index contributed by atoms with van der Waals surface area (Å²) in [6.07, 6.45) is 0. The third-order valence-corrected chi connectivity index (χ3v) is 3.72. The van der Waals surface area contributed by atoms with Crippen molar-refractivity contribution in [2.75, 3.05) is 20.3 Å². The summed E-state index contributed by atoms with van der Waals surface area (Å²) in [6.45, 7) is 1.84. The van der Waals surface area contributed by atoms with E-state index >= 15 is 0 Å². The summed E-state index contributed by atoms with van der Waals surface area (Å²) >= 11 is 0. The first-order valence-corrected chi connectivity index (χ1v) is 7.43. The fraction of sp³-hybridized carbons (Fsp3) is 0.400. The SMILES string of the molecule is COCCOc1cc(C)c(S(=O)(=O)Cl)cc1[N+](=O)[O-]. The van der Waals surface area contributed by atoms with E-state index in [0.29, 0.717) is 0 Å². The second-order valence-electron chi connectivity index (χ2n) is 3.62. The van der Waals surface area contributed by atoms with Gasteiger partial charge in [-0.3, -0.25) is 10.1 Å². The van der Waals surface area contributed by atoms with Crippen molar-refractivity contribution in [2.45, 2.75) is 11.8 Å². The molecule has 1 aromatic rings. The van der Waals surface area contributed by atoms with E-state index in [9.17, 15) is 18.5 Å². The van der Waals surface area contributed by atoms with Gasteiger partial charge >= 0.3 is 5.69 Å². The van der Waals surface area contributed by atoms with Crippen molar-refractivity contribution >= 4 is 25.4 Å². The number of halogens is 1. The van der Waals surface area contributed by atoms with Crippen LogP contribution in [0.15, 0.2) is 17.0 Å². The van der Waals surface area contributed by atoms with Crippen molar-refractivity contribution in [3.8, 4) is 5.75 Å². The molecule has 0 aliphatic rings. The summed E-state index contributed by atoms with van der Waals surface area (Å²) in [5.74, 6) is -0.0244. The fourth-order valence-corrected chi connectivity index (χ4v) is 2.60. The standard InChI is InChI=1S/C10H12ClNO6S/c1-7-5-9(18-4-3-17-2)8(12(13)14)6-10(7)19(11,15)16/h5-6H,3-4H2,1-2H3. The third-order valence-electron chi connectivity index (χ3n) is 2.26. The first kappa shape index (κ1) is 15.7. The van der Waals surface area contributed by atoms with Gasteiger partial charge in [0.15, 0.2) is 5.75 Å². The molecule has 0 spiro atoms. The van der Waals surface area contributed by atoms with Crippen LogP contribution in [0.25, 0.3) is 0 Å². The van der Waals surface area contributed by atoms with Gasteiger partial charge in [0.25, 0.3) is 9.05 Å². The fourth-order valence-electron chi connectivity index (χ4n) is 1.41. The smallest absolute Gasteiger partial charge is 0.312 e. The highest BCUT2D eigenvalue weighted by molar-refractivity contribution is 8.13. The summed E-state index contributed by atoms with van der Waals surface area (Å²) in [5, 5.41) is 10.9. The Hall–Kier alpha value is -1.38. The van der Waals surface area contributed by atoms with Crippen LogP contribution in [0, 0.1) is 17.0 Å². The Kier molecular flexibility index (Phi) is 5.10. The van der Waals surface area contributed by atoms with E-state index in [4.69, 9.17) is 20.2 Å². The van der Waals surface area contributed by atoms with Crippen LogP contribution in [-0.2, 0) is 13.8 Å². The van der Waals surface area contributed by atoms with Crippen LogP contribution in [0.1, 0.15) is 5.56 Å². The molecule has 0 aromatic heterocycles. The van der Waals surface area contributed by atoms with Gasteiger partial charge in [-0.1, -0.05) is 0 Å². The largest absolute Gasteiger partial charge is 0.484 e. The van der Waals surface area contributed by atoms with Crippen LogP contribution in [0.4, 0.5) is 5.69 Å². The molecule has 9 heteroatoms. The van der Waals surface area contributed by atoms with E-state index in [-0.39, 0.29) is 29.4 Å². The lowest BCUT2D eigenvalue weighted by Gasteiger charge is -2.09. The third kappa shape index (κ3) is 4.05. The van der Waals surface area contributed by atoms with Crippen LogP contribution in [0.2, 0.25) is 0 Å². The van der Waals surface area contributed by atoms with Crippen molar-refractivity contribution in [1.29, 1.82) is 0 Å². The van der Waals surface area contributed by atoms with Gasteiger partial charge in [0.05, 0.1) is 16.4 Å². The minimum absolute atomic E-state index is 0.0244. The Morgan fingerprint density at radius 1 is 1.37 bits per heavy atom. The molecule has 1 rings (SSSR count).